The van der Waals surface area contributed by atoms with E-state index in [0.29, 0.717) is 0 Å². The third-order valence-corrected chi connectivity index (χ3v) is 5.37. The van der Waals surface area contributed by atoms with Crippen molar-refractivity contribution in [1.29, 1.82) is 0 Å². The summed E-state index contributed by atoms with van der Waals surface area (Å²) in [5, 5.41) is 4.27. The molecule has 0 bridgehead atoms. The molecule has 3 rings (SSSR count). The maximum atomic E-state index is 12.3. The second-order valence-corrected chi connectivity index (χ2v) is 7.38. The first-order valence-corrected chi connectivity index (χ1v) is 9.33. The van der Waals surface area contributed by atoms with Crippen molar-refractivity contribution < 1.29 is 8.42 Å². The van der Waals surface area contributed by atoms with Gasteiger partial charge in [-0.15, -0.1) is 0 Å². The van der Waals surface area contributed by atoms with Gasteiger partial charge in [-0.25, -0.2) is 4.83 Å². The fourth-order valence-corrected chi connectivity index (χ4v) is 3.80. The summed E-state index contributed by atoms with van der Waals surface area (Å²) in [7, 11) is -3.60. The Bertz CT molecular complexity index is 771. The number of benzene rings is 2. The maximum absolute atomic E-state index is 12.3. The van der Waals surface area contributed by atoms with Crippen molar-refractivity contribution >= 4 is 15.7 Å². The lowest BCUT2D eigenvalue weighted by Gasteiger charge is -2.24. The quantitative estimate of drug-likeness (QED) is 0.870. The highest BCUT2D eigenvalue weighted by molar-refractivity contribution is 7.89. The van der Waals surface area contributed by atoms with Gasteiger partial charge >= 0.3 is 0 Å². The summed E-state index contributed by atoms with van der Waals surface area (Å²) < 4.78 is 24.6. The Balaban J connectivity index is 1.82. The molecule has 1 aliphatic carbocycles. The highest BCUT2D eigenvalue weighted by atomic mass is 32.2. The predicted octanol–water partition coefficient (Wildman–Crippen LogP) is 3.68. The first-order chi connectivity index (χ1) is 11.2. The maximum Gasteiger partial charge on any atom is 0.276 e. The van der Waals surface area contributed by atoms with E-state index in [1.165, 1.54) is 5.56 Å². The Morgan fingerprint density at radius 1 is 0.913 bits per heavy atom. The molecule has 0 spiro atoms. The number of sulfonamides is 1. The predicted molar refractivity (Wildman–Crippen MR) is 91.8 cm³/mol. The van der Waals surface area contributed by atoms with Crippen molar-refractivity contribution in [3.8, 4) is 0 Å². The average Bonchev–Trinajstić information content (AvgIpc) is 2.62. The summed E-state index contributed by atoms with van der Waals surface area (Å²) in [5.74, 6) is 0.198. The Morgan fingerprint density at radius 3 is 2.26 bits per heavy atom. The standard InChI is InChI=1S/C18H20N2O2S/c21-23(22,16-11-5-2-6-12-16)20-19-18-14-8-7-13-17(18)15-9-3-1-4-10-15/h1-6,9-12,17,20H,7-8,13-14H2/b19-18+. The second-order valence-electron chi connectivity index (χ2n) is 5.72. The van der Waals surface area contributed by atoms with E-state index < -0.39 is 10.0 Å². The van der Waals surface area contributed by atoms with Crippen molar-refractivity contribution in [2.45, 2.75) is 36.5 Å². The molecule has 23 heavy (non-hydrogen) atoms. The molecule has 0 aromatic heterocycles. The molecule has 0 saturated heterocycles. The Hall–Kier alpha value is -2.14. The third kappa shape index (κ3) is 3.79. The smallest absolute Gasteiger partial charge is 0.200 e. The number of nitrogens with one attached hydrogen (secondary N) is 1. The molecular formula is C18H20N2O2S. The molecule has 0 radical (unpaired) electrons. The molecule has 1 N–H and O–H groups in total. The number of hydrazone groups is 1. The van der Waals surface area contributed by atoms with Crippen LogP contribution in [0.25, 0.3) is 0 Å². The minimum absolute atomic E-state index is 0.198. The first-order valence-electron chi connectivity index (χ1n) is 7.85. The van der Waals surface area contributed by atoms with Crippen molar-refractivity contribution in [2.24, 2.45) is 5.10 Å². The molecule has 4 nitrogen and oxygen atoms in total. The first kappa shape index (κ1) is 15.7. The molecule has 1 saturated carbocycles. The highest BCUT2D eigenvalue weighted by Crippen LogP contribution is 2.30. The molecule has 0 aliphatic heterocycles. The Kier molecular flexibility index (Phi) is 4.76. The van der Waals surface area contributed by atoms with E-state index in [1.54, 1.807) is 30.3 Å². The van der Waals surface area contributed by atoms with E-state index in [0.717, 1.165) is 31.4 Å². The van der Waals surface area contributed by atoms with E-state index in [1.807, 2.05) is 18.2 Å². The molecule has 2 aromatic rings. The summed E-state index contributed by atoms with van der Waals surface area (Å²) in [6.45, 7) is 0. The van der Waals surface area contributed by atoms with Gasteiger partial charge in [-0.3, -0.25) is 0 Å². The van der Waals surface area contributed by atoms with Crippen LogP contribution in [0, 0.1) is 0 Å². The minimum Gasteiger partial charge on any atom is -0.200 e. The van der Waals surface area contributed by atoms with Gasteiger partial charge in [0.05, 0.1) is 4.90 Å². The van der Waals surface area contributed by atoms with Crippen LogP contribution in [0.15, 0.2) is 70.7 Å². The topological polar surface area (TPSA) is 58.5 Å². The van der Waals surface area contributed by atoms with Crippen LogP contribution < -0.4 is 4.83 Å². The molecule has 1 aliphatic rings. The fraction of sp³-hybridized carbons (Fsp3) is 0.278. The van der Waals surface area contributed by atoms with Gasteiger partial charge in [0.25, 0.3) is 10.0 Å². The van der Waals surface area contributed by atoms with Crippen LogP contribution in [0.4, 0.5) is 0 Å². The molecule has 2 aromatic carbocycles. The number of nitrogens with zero attached hydrogens (tertiary/aromatic N) is 1. The van der Waals surface area contributed by atoms with Crippen LogP contribution >= 0.6 is 0 Å². The van der Waals surface area contributed by atoms with Crippen LogP contribution in [0.3, 0.4) is 0 Å². The van der Waals surface area contributed by atoms with Crippen molar-refractivity contribution in [2.75, 3.05) is 0 Å². The van der Waals surface area contributed by atoms with Crippen LogP contribution in [-0.2, 0) is 10.0 Å². The van der Waals surface area contributed by atoms with E-state index in [4.69, 9.17) is 0 Å². The molecule has 1 fully saturated rings. The second kappa shape index (κ2) is 6.96. The highest BCUT2D eigenvalue weighted by Gasteiger charge is 2.23. The van der Waals surface area contributed by atoms with Gasteiger partial charge in [0.1, 0.15) is 0 Å². The lowest BCUT2D eigenvalue weighted by atomic mass is 9.82. The molecule has 1 atom stereocenters. The van der Waals surface area contributed by atoms with Crippen molar-refractivity contribution in [3.63, 3.8) is 0 Å². The van der Waals surface area contributed by atoms with Crippen molar-refractivity contribution in [1.82, 2.24) is 4.83 Å². The van der Waals surface area contributed by atoms with Gasteiger partial charge in [-0.2, -0.15) is 13.5 Å². The molecule has 1 unspecified atom stereocenters. The molecule has 0 amide bonds. The third-order valence-electron chi connectivity index (χ3n) is 4.14. The van der Waals surface area contributed by atoms with Gasteiger partial charge in [-0.05, 0) is 37.0 Å². The summed E-state index contributed by atoms with van der Waals surface area (Å²) in [5.41, 5.74) is 2.12. The summed E-state index contributed by atoms with van der Waals surface area (Å²) in [6.07, 6.45) is 4.03. The van der Waals surface area contributed by atoms with E-state index in [-0.39, 0.29) is 10.8 Å². The Morgan fingerprint density at radius 2 is 1.57 bits per heavy atom. The fourth-order valence-electron chi connectivity index (χ4n) is 2.94. The SMILES string of the molecule is O=S(=O)(N/N=C1\CCCCC1c1ccccc1)c1ccccc1. The monoisotopic (exact) mass is 328 g/mol. The van der Waals surface area contributed by atoms with E-state index >= 15 is 0 Å². The zero-order valence-corrected chi connectivity index (χ0v) is 13.7. The van der Waals surface area contributed by atoms with Crippen LogP contribution in [-0.4, -0.2) is 14.1 Å². The van der Waals surface area contributed by atoms with Crippen LogP contribution in [0.5, 0.6) is 0 Å². The lowest BCUT2D eigenvalue weighted by Crippen LogP contribution is -2.24. The lowest BCUT2D eigenvalue weighted by molar-refractivity contribution is 0.579. The van der Waals surface area contributed by atoms with Crippen LogP contribution in [0.1, 0.15) is 37.2 Å². The Labute approximate surface area is 137 Å². The number of rotatable bonds is 4. The molecule has 0 heterocycles. The number of hydrogen-bond acceptors (Lipinski definition) is 3. The number of hydrogen-bond donors (Lipinski definition) is 1. The zero-order chi connectivity index (χ0) is 16.1. The van der Waals surface area contributed by atoms with Gasteiger partial charge in [0.2, 0.25) is 0 Å². The molecule has 5 heteroatoms. The minimum atomic E-state index is -3.60. The summed E-state index contributed by atoms with van der Waals surface area (Å²) in [6, 6.07) is 18.5. The van der Waals surface area contributed by atoms with Crippen LogP contribution in [0.2, 0.25) is 0 Å². The summed E-state index contributed by atoms with van der Waals surface area (Å²) >= 11 is 0. The van der Waals surface area contributed by atoms with Gasteiger partial charge < -0.3 is 0 Å². The molecule has 120 valence electrons. The average molecular weight is 328 g/mol. The van der Waals surface area contributed by atoms with Gasteiger partial charge in [0.15, 0.2) is 0 Å². The summed E-state index contributed by atoms with van der Waals surface area (Å²) in [4.78, 5) is 2.64. The van der Waals surface area contributed by atoms with E-state index in [2.05, 4.69) is 22.1 Å². The largest absolute Gasteiger partial charge is 0.276 e. The van der Waals surface area contributed by atoms with Gasteiger partial charge in [-0.1, -0.05) is 55.0 Å². The van der Waals surface area contributed by atoms with Crippen molar-refractivity contribution in [3.05, 3.63) is 66.2 Å². The van der Waals surface area contributed by atoms with E-state index in [9.17, 15) is 8.42 Å². The zero-order valence-electron chi connectivity index (χ0n) is 12.9. The molecular weight excluding hydrogens is 308 g/mol. The normalized spacial score (nSPS) is 20.3. The van der Waals surface area contributed by atoms with Gasteiger partial charge in [0, 0.05) is 11.6 Å².